The lowest BCUT2D eigenvalue weighted by molar-refractivity contribution is 0.667. The predicted octanol–water partition coefficient (Wildman–Crippen LogP) is 12.9. The summed E-state index contributed by atoms with van der Waals surface area (Å²) in [6.45, 7) is 4.82. The molecular weight excluding hydrogens is 617 g/mol. The van der Waals surface area contributed by atoms with Gasteiger partial charge in [0.1, 0.15) is 0 Å². The number of hydrogen-bond acceptors (Lipinski definition) is 2. The van der Waals surface area contributed by atoms with Crippen LogP contribution in [0.25, 0.3) is 88.5 Å². The molecule has 1 aromatic heterocycles. The van der Waals surface area contributed by atoms with Gasteiger partial charge in [-0.25, -0.2) is 9.97 Å². The Morgan fingerprint density at radius 3 is 1.55 bits per heavy atom. The lowest BCUT2D eigenvalue weighted by atomic mass is 9.78. The van der Waals surface area contributed by atoms with Crippen LogP contribution in [0.15, 0.2) is 170 Å². The molecule has 0 saturated carbocycles. The molecule has 1 aliphatic carbocycles. The van der Waals surface area contributed by atoms with Crippen molar-refractivity contribution in [2.75, 3.05) is 0 Å². The Hall–Kier alpha value is -6.38. The van der Waals surface area contributed by atoms with Gasteiger partial charge in [0.25, 0.3) is 0 Å². The summed E-state index contributed by atoms with van der Waals surface area (Å²) in [5.74, 6) is 0.722. The molecule has 0 saturated heterocycles. The van der Waals surface area contributed by atoms with Crippen LogP contribution in [-0.4, -0.2) is 9.97 Å². The van der Waals surface area contributed by atoms with Gasteiger partial charge in [0.15, 0.2) is 5.82 Å². The molecule has 240 valence electrons. The quantitative estimate of drug-likeness (QED) is 0.177. The molecule has 2 nitrogen and oxygen atoms in total. The summed E-state index contributed by atoms with van der Waals surface area (Å²) >= 11 is 0. The van der Waals surface area contributed by atoms with Gasteiger partial charge in [-0.1, -0.05) is 166 Å². The monoisotopic (exact) mass is 650 g/mol. The molecule has 2 heteroatoms. The highest BCUT2D eigenvalue weighted by atomic mass is 14.9. The van der Waals surface area contributed by atoms with Crippen molar-refractivity contribution in [3.63, 3.8) is 0 Å². The smallest absolute Gasteiger partial charge is 0.160 e. The average molecular weight is 651 g/mol. The van der Waals surface area contributed by atoms with Crippen LogP contribution in [0.5, 0.6) is 0 Å². The first-order valence-corrected chi connectivity index (χ1v) is 17.7. The zero-order chi connectivity index (χ0) is 34.1. The maximum Gasteiger partial charge on any atom is 0.160 e. The van der Waals surface area contributed by atoms with Gasteiger partial charge in [0.2, 0.25) is 0 Å². The lowest BCUT2D eigenvalue weighted by Gasteiger charge is -2.25. The normalized spacial score (nSPS) is 13.1. The van der Waals surface area contributed by atoms with E-state index in [4.69, 9.17) is 9.97 Å². The number of fused-ring (bicyclic) bond motifs is 10. The number of rotatable bonds is 4. The van der Waals surface area contributed by atoms with Gasteiger partial charge in [-0.15, -0.1) is 0 Å². The van der Waals surface area contributed by atoms with Crippen LogP contribution in [0.4, 0.5) is 0 Å². The van der Waals surface area contributed by atoms with Crippen molar-refractivity contribution >= 4 is 32.3 Å². The topological polar surface area (TPSA) is 25.8 Å². The van der Waals surface area contributed by atoms with Crippen molar-refractivity contribution in [3.05, 3.63) is 181 Å². The Kier molecular flexibility index (Phi) is 6.56. The molecule has 0 aliphatic heterocycles. The maximum absolute atomic E-state index is 5.15. The summed E-state index contributed by atoms with van der Waals surface area (Å²) < 4.78 is 0. The fourth-order valence-corrected chi connectivity index (χ4v) is 8.48. The molecular formula is C49H34N2. The van der Waals surface area contributed by atoms with Crippen LogP contribution in [0.1, 0.15) is 25.0 Å². The van der Waals surface area contributed by atoms with E-state index in [2.05, 4.69) is 159 Å². The van der Waals surface area contributed by atoms with E-state index in [-0.39, 0.29) is 5.41 Å². The average Bonchev–Trinajstić information content (AvgIpc) is 3.45. The second-order valence-electron chi connectivity index (χ2n) is 14.1. The molecule has 51 heavy (non-hydrogen) atoms. The number of benzene rings is 8. The Balaban J connectivity index is 1.20. The minimum atomic E-state index is -0.202. The van der Waals surface area contributed by atoms with Crippen LogP contribution < -0.4 is 0 Å². The molecule has 1 heterocycles. The molecule has 0 N–H and O–H groups in total. The van der Waals surface area contributed by atoms with Crippen molar-refractivity contribution in [1.29, 1.82) is 0 Å². The second kappa shape index (κ2) is 11.3. The van der Waals surface area contributed by atoms with Crippen molar-refractivity contribution < 1.29 is 0 Å². The molecule has 0 spiro atoms. The molecule has 0 radical (unpaired) electrons. The minimum Gasteiger partial charge on any atom is -0.228 e. The number of hydrogen-bond donors (Lipinski definition) is 0. The third kappa shape index (κ3) is 4.57. The van der Waals surface area contributed by atoms with Gasteiger partial charge in [-0.2, -0.15) is 0 Å². The molecule has 0 bridgehead atoms. The summed E-state index contributed by atoms with van der Waals surface area (Å²) in [6.07, 6.45) is 0. The summed E-state index contributed by atoms with van der Waals surface area (Å²) in [4.78, 5) is 10.2. The molecule has 9 aromatic rings. The molecule has 0 unspecified atom stereocenters. The van der Waals surface area contributed by atoms with Crippen molar-refractivity contribution in [1.82, 2.24) is 9.97 Å². The van der Waals surface area contributed by atoms with Crippen LogP contribution in [-0.2, 0) is 5.41 Å². The first-order chi connectivity index (χ1) is 25.1. The van der Waals surface area contributed by atoms with Gasteiger partial charge in [0, 0.05) is 22.1 Å². The van der Waals surface area contributed by atoms with Crippen LogP contribution in [0.3, 0.4) is 0 Å². The number of aromatic nitrogens is 2. The van der Waals surface area contributed by atoms with Crippen LogP contribution in [0, 0.1) is 0 Å². The fourth-order valence-electron chi connectivity index (χ4n) is 8.48. The summed E-state index contributed by atoms with van der Waals surface area (Å²) in [5, 5.41) is 7.84. The van der Waals surface area contributed by atoms with Crippen molar-refractivity contribution in [2.24, 2.45) is 0 Å². The Morgan fingerprint density at radius 2 is 0.863 bits per heavy atom. The Bertz CT molecular complexity index is 2760. The van der Waals surface area contributed by atoms with E-state index >= 15 is 0 Å². The molecule has 1 aliphatic rings. The molecule has 0 fully saturated rings. The zero-order valence-electron chi connectivity index (χ0n) is 28.6. The largest absolute Gasteiger partial charge is 0.228 e. The highest BCUT2D eigenvalue weighted by Crippen LogP contribution is 2.57. The predicted molar refractivity (Wildman–Crippen MR) is 214 cm³/mol. The second-order valence-corrected chi connectivity index (χ2v) is 14.1. The van der Waals surface area contributed by atoms with Crippen molar-refractivity contribution in [2.45, 2.75) is 19.3 Å². The van der Waals surface area contributed by atoms with Gasteiger partial charge in [-0.05, 0) is 83.9 Å². The van der Waals surface area contributed by atoms with Crippen LogP contribution in [0.2, 0.25) is 0 Å². The van der Waals surface area contributed by atoms with E-state index in [9.17, 15) is 0 Å². The van der Waals surface area contributed by atoms with Crippen LogP contribution >= 0.6 is 0 Å². The molecule has 10 rings (SSSR count). The summed E-state index contributed by atoms with van der Waals surface area (Å²) in [5.41, 5.74) is 12.7. The SMILES string of the molecule is CC1(C)c2cc(-c3cccc(-c4cc(-c5ccccc5)nc(-c5ccccc5)n4)c3)c3ccccc3c2-c2c1c1ccccc1c1ccccc21. The zero-order valence-corrected chi connectivity index (χ0v) is 28.6. The van der Waals surface area contributed by atoms with Gasteiger partial charge in [0.05, 0.1) is 11.4 Å². The lowest BCUT2D eigenvalue weighted by Crippen LogP contribution is -2.16. The van der Waals surface area contributed by atoms with Crippen molar-refractivity contribution in [3.8, 4) is 56.2 Å². The van der Waals surface area contributed by atoms with E-state index in [0.717, 1.165) is 33.9 Å². The molecule has 0 atom stereocenters. The van der Waals surface area contributed by atoms with E-state index in [1.807, 2.05) is 24.3 Å². The molecule has 8 aromatic carbocycles. The Labute approximate surface area is 297 Å². The summed E-state index contributed by atoms with van der Waals surface area (Å²) in [7, 11) is 0. The van der Waals surface area contributed by atoms with Gasteiger partial charge < -0.3 is 0 Å². The fraction of sp³-hybridized carbons (Fsp3) is 0.0612. The van der Waals surface area contributed by atoms with E-state index in [1.165, 1.54) is 65.7 Å². The highest BCUT2D eigenvalue weighted by Gasteiger charge is 2.40. The van der Waals surface area contributed by atoms with E-state index in [1.54, 1.807) is 0 Å². The third-order valence-corrected chi connectivity index (χ3v) is 10.8. The van der Waals surface area contributed by atoms with E-state index in [0.29, 0.717) is 0 Å². The number of nitrogens with zero attached hydrogens (tertiary/aromatic N) is 2. The summed E-state index contributed by atoms with van der Waals surface area (Å²) in [6, 6.07) is 61.0. The van der Waals surface area contributed by atoms with Gasteiger partial charge in [-0.3, -0.25) is 0 Å². The highest BCUT2D eigenvalue weighted by molar-refractivity contribution is 6.22. The first kappa shape index (κ1) is 29.5. The van der Waals surface area contributed by atoms with E-state index < -0.39 is 0 Å². The standard InChI is InChI=1S/C49H34N2/c1-49(2)42-29-41(37-24-10-12-25-38(37)45(42)46-39-26-13-9-22-35(39)36-23-11-14-27-40(36)47(46)49)33-20-15-21-34(28-33)44-30-43(31-16-5-3-6-17-31)50-48(51-44)32-18-7-4-8-19-32/h3-30H,1-2H3. The maximum atomic E-state index is 5.15. The Morgan fingerprint density at radius 1 is 0.373 bits per heavy atom. The minimum absolute atomic E-state index is 0.202. The third-order valence-electron chi connectivity index (χ3n) is 10.8. The first-order valence-electron chi connectivity index (χ1n) is 17.7. The molecule has 0 amide bonds. The van der Waals surface area contributed by atoms with Gasteiger partial charge >= 0.3 is 0 Å².